The van der Waals surface area contributed by atoms with Crippen LogP contribution in [0.1, 0.15) is 19.3 Å². The first-order chi connectivity index (χ1) is 11.3. The summed E-state index contributed by atoms with van der Waals surface area (Å²) in [5, 5.41) is 6.86. The lowest BCUT2D eigenvalue weighted by Crippen LogP contribution is -2.45. The first-order valence-corrected chi connectivity index (χ1v) is 8.70. The van der Waals surface area contributed by atoms with Crippen LogP contribution >= 0.6 is 0 Å². The number of nitrogens with one attached hydrogen (secondary N) is 2. The molecule has 0 amide bonds. The molecule has 0 spiro atoms. The van der Waals surface area contributed by atoms with Crippen molar-refractivity contribution in [2.75, 3.05) is 44.8 Å². The number of aliphatic imine (C=N–C) groups is 1. The van der Waals surface area contributed by atoms with E-state index in [4.69, 9.17) is 4.74 Å². The fourth-order valence-corrected chi connectivity index (χ4v) is 2.92. The van der Waals surface area contributed by atoms with Gasteiger partial charge in [-0.15, -0.1) is 0 Å². The quantitative estimate of drug-likeness (QED) is 0.458. The van der Waals surface area contributed by atoms with Gasteiger partial charge in [-0.05, 0) is 37.3 Å². The Morgan fingerprint density at radius 1 is 1.26 bits per heavy atom. The summed E-state index contributed by atoms with van der Waals surface area (Å²) in [5.74, 6) is 1.70. The van der Waals surface area contributed by atoms with E-state index in [0.717, 1.165) is 51.1 Å². The first kappa shape index (κ1) is 16.1. The standard InChI is InChI=1S/C18H28N4O/c1-19-18(20-10-12-23-14-15-7-8-15)21-16-9-11-22(13-16)17-5-3-2-4-6-17/h2-6,15-16H,7-14H2,1H3,(H2,19,20,21). The van der Waals surface area contributed by atoms with Crippen LogP contribution < -0.4 is 15.5 Å². The number of para-hydroxylation sites is 1. The number of ether oxygens (including phenoxy) is 1. The second-order valence-electron chi connectivity index (χ2n) is 6.43. The molecule has 1 saturated heterocycles. The smallest absolute Gasteiger partial charge is 0.191 e. The van der Waals surface area contributed by atoms with E-state index < -0.39 is 0 Å². The lowest BCUT2D eigenvalue weighted by atomic mass is 10.3. The first-order valence-electron chi connectivity index (χ1n) is 8.70. The monoisotopic (exact) mass is 316 g/mol. The van der Waals surface area contributed by atoms with E-state index in [-0.39, 0.29) is 0 Å². The molecule has 0 aromatic heterocycles. The highest BCUT2D eigenvalue weighted by Gasteiger charge is 2.23. The number of anilines is 1. The zero-order chi connectivity index (χ0) is 15.9. The molecule has 5 nitrogen and oxygen atoms in total. The normalized spacial score (nSPS) is 21.5. The molecule has 1 atom stereocenters. The van der Waals surface area contributed by atoms with Crippen molar-refractivity contribution >= 4 is 11.6 Å². The van der Waals surface area contributed by atoms with Gasteiger partial charge in [-0.3, -0.25) is 4.99 Å². The highest BCUT2D eigenvalue weighted by molar-refractivity contribution is 5.80. The molecule has 0 radical (unpaired) electrons. The third kappa shape index (κ3) is 5.13. The maximum Gasteiger partial charge on any atom is 0.191 e. The van der Waals surface area contributed by atoms with Gasteiger partial charge in [0.05, 0.1) is 6.61 Å². The van der Waals surface area contributed by atoms with Gasteiger partial charge in [0.25, 0.3) is 0 Å². The molecular formula is C18H28N4O. The topological polar surface area (TPSA) is 48.9 Å². The molecule has 1 heterocycles. The molecule has 23 heavy (non-hydrogen) atoms. The van der Waals surface area contributed by atoms with Gasteiger partial charge in [0.2, 0.25) is 0 Å². The molecule has 5 heteroatoms. The maximum atomic E-state index is 5.64. The number of nitrogens with zero attached hydrogens (tertiary/aromatic N) is 2. The van der Waals surface area contributed by atoms with Crippen LogP contribution in [0.25, 0.3) is 0 Å². The van der Waals surface area contributed by atoms with Gasteiger partial charge in [0.15, 0.2) is 5.96 Å². The molecular weight excluding hydrogens is 288 g/mol. The van der Waals surface area contributed by atoms with Crippen molar-refractivity contribution in [2.24, 2.45) is 10.9 Å². The van der Waals surface area contributed by atoms with Crippen LogP contribution in [-0.4, -0.2) is 51.9 Å². The van der Waals surface area contributed by atoms with Gasteiger partial charge in [0.1, 0.15) is 0 Å². The van der Waals surface area contributed by atoms with Gasteiger partial charge in [-0.25, -0.2) is 0 Å². The van der Waals surface area contributed by atoms with Crippen molar-refractivity contribution < 1.29 is 4.74 Å². The van der Waals surface area contributed by atoms with Gasteiger partial charge in [0, 0.05) is 45.0 Å². The van der Waals surface area contributed by atoms with Crippen molar-refractivity contribution in [1.82, 2.24) is 10.6 Å². The van der Waals surface area contributed by atoms with Crippen LogP contribution in [0.5, 0.6) is 0 Å². The van der Waals surface area contributed by atoms with E-state index in [1.54, 1.807) is 0 Å². The maximum absolute atomic E-state index is 5.64. The SMILES string of the molecule is CN=C(NCCOCC1CC1)NC1CCN(c2ccccc2)C1. The Morgan fingerprint density at radius 2 is 2.09 bits per heavy atom. The van der Waals surface area contributed by atoms with E-state index in [2.05, 4.69) is 50.9 Å². The third-order valence-corrected chi connectivity index (χ3v) is 4.46. The molecule has 2 aliphatic rings. The van der Waals surface area contributed by atoms with Crippen molar-refractivity contribution in [2.45, 2.75) is 25.3 Å². The van der Waals surface area contributed by atoms with Gasteiger partial charge in [-0.1, -0.05) is 18.2 Å². The van der Waals surface area contributed by atoms with E-state index in [0.29, 0.717) is 6.04 Å². The molecule has 1 aliphatic carbocycles. The Balaban J connectivity index is 1.35. The zero-order valence-corrected chi connectivity index (χ0v) is 14.0. The minimum Gasteiger partial charge on any atom is -0.379 e. The zero-order valence-electron chi connectivity index (χ0n) is 14.0. The Hall–Kier alpha value is -1.75. The summed E-state index contributed by atoms with van der Waals surface area (Å²) in [4.78, 5) is 6.74. The summed E-state index contributed by atoms with van der Waals surface area (Å²) in [7, 11) is 1.82. The molecule has 1 aliphatic heterocycles. The van der Waals surface area contributed by atoms with E-state index in [1.807, 2.05) is 7.05 Å². The Morgan fingerprint density at radius 3 is 2.83 bits per heavy atom. The van der Waals surface area contributed by atoms with Crippen LogP contribution in [0, 0.1) is 5.92 Å². The Kier molecular flexibility index (Phi) is 5.75. The van der Waals surface area contributed by atoms with E-state index >= 15 is 0 Å². The van der Waals surface area contributed by atoms with Crippen LogP contribution in [0.15, 0.2) is 35.3 Å². The Bertz CT molecular complexity index is 501. The highest BCUT2D eigenvalue weighted by atomic mass is 16.5. The molecule has 2 N–H and O–H groups in total. The average Bonchev–Trinajstić information content (AvgIpc) is 3.30. The number of hydrogen-bond acceptors (Lipinski definition) is 3. The van der Waals surface area contributed by atoms with Crippen molar-refractivity contribution in [3.63, 3.8) is 0 Å². The minimum atomic E-state index is 0.439. The van der Waals surface area contributed by atoms with Crippen LogP contribution in [0.4, 0.5) is 5.69 Å². The molecule has 1 aromatic carbocycles. The number of rotatable bonds is 7. The number of hydrogen-bond donors (Lipinski definition) is 2. The average molecular weight is 316 g/mol. The third-order valence-electron chi connectivity index (χ3n) is 4.46. The second kappa shape index (κ2) is 8.20. The molecule has 0 bridgehead atoms. The van der Waals surface area contributed by atoms with Gasteiger partial charge >= 0.3 is 0 Å². The van der Waals surface area contributed by atoms with Crippen molar-refractivity contribution in [3.05, 3.63) is 30.3 Å². The summed E-state index contributed by atoms with van der Waals surface area (Å²) in [5.41, 5.74) is 1.30. The number of guanidine groups is 1. The summed E-state index contributed by atoms with van der Waals surface area (Å²) >= 11 is 0. The molecule has 2 fully saturated rings. The van der Waals surface area contributed by atoms with Gasteiger partial charge in [-0.2, -0.15) is 0 Å². The fourth-order valence-electron chi connectivity index (χ4n) is 2.92. The molecule has 1 aromatic rings. The Labute approximate surface area is 139 Å². The summed E-state index contributed by atoms with van der Waals surface area (Å²) < 4.78 is 5.64. The molecule has 1 saturated carbocycles. The van der Waals surface area contributed by atoms with E-state index in [9.17, 15) is 0 Å². The molecule has 3 rings (SSSR count). The number of benzene rings is 1. The predicted molar refractivity (Wildman–Crippen MR) is 95.1 cm³/mol. The molecule has 1 unspecified atom stereocenters. The minimum absolute atomic E-state index is 0.439. The van der Waals surface area contributed by atoms with Crippen molar-refractivity contribution in [1.29, 1.82) is 0 Å². The predicted octanol–water partition coefficient (Wildman–Crippen LogP) is 1.86. The summed E-state index contributed by atoms with van der Waals surface area (Å²) in [6, 6.07) is 11.0. The van der Waals surface area contributed by atoms with Crippen LogP contribution in [0.3, 0.4) is 0 Å². The van der Waals surface area contributed by atoms with Crippen LogP contribution in [-0.2, 0) is 4.74 Å². The molecule has 126 valence electrons. The van der Waals surface area contributed by atoms with Gasteiger partial charge < -0.3 is 20.3 Å². The fraction of sp³-hybridized carbons (Fsp3) is 0.611. The second-order valence-corrected chi connectivity index (χ2v) is 6.43. The van der Waals surface area contributed by atoms with E-state index in [1.165, 1.54) is 18.5 Å². The lowest BCUT2D eigenvalue weighted by molar-refractivity contribution is 0.129. The van der Waals surface area contributed by atoms with Crippen molar-refractivity contribution in [3.8, 4) is 0 Å². The lowest BCUT2D eigenvalue weighted by Gasteiger charge is -2.20. The highest BCUT2D eigenvalue weighted by Crippen LogP contribution is 2.28. The summed E-state index contributed by atoms with van der Waals surface area (Å²) in [6.45, 7) is 4.58. The largest absolute Gasteiger partial charge is 0.379 e. The summed E-state index contributed by atoms with van der Waals surface area (Å²) in [6.07, 6.45) is 3.82. The van der Waals surface area contributed by atoms with Crippen LogP contribution in [0.2, 0.25) is 0 Å².